The maximum absolute atomic E-state index is 6.04. The van der Waals surface area contributed by atoms with Crippen LogP contribution in [0.1, 0.15) is 63.0 Å². The van der Waals surface area contributed by atoms with Crippen molar-refractivity contribution >= 4 is 17.6 Å². The predicted octanol–water partition coefficient (Wildman–Crippen LogP) is 3.33. The minimum absolute atomic E-state index is 0.349. The van der Waals surface area contributed by atoms with Gasteiger partial charge in [0.15, 0.2) is 5.82 Å². The Morgan fingerprint density at radius 1 is 1.04 bits per heavy atom. The maximum Gasteiger partial charge on any atom is 0.227 e. The van der Waals surface area contributed by atoms with Crippen LogP contribution in [0.2, 0.25) is 0 Å². The molecule has 3 N–H and O–H groups in total. The number of H-pyrrole nitrogens is 1. The molecule has 0 radical (unpaired) electrons. The molecule has 7 heteroatoms. The summed E-state index contributed by atoms with van der Waals surface area (Å²) in [5.74, 6) is 3.17. The van der Waals surface area contributed by atoms with E-state index in [2.05, 4.69) is 33.2 Å². The number of nitrogens with one attached hydrogen (secondary N) is 1. The Labute approximate surface area is 161 Å². The molecule has 0 bridgehead atoms. The summed E-state index contributed by atoms with van der Waals surface area (Å²) in [5, 5.41) is 7.76. The van der Waals surface area contributed by atoms with Gasteiger partial charge in [0, 0.05) is 50.1 Å². The second-order valence-electron chi connectivity index (χ2n) is 8.12. The lowest BCUT2D eigenvalue weighted by atomic mass is 9.91. The van der Waals surface area contributed by atoms with Gasteiger partial charge in [-0.2, -0.15) is 10.1 Å². The fraction of sp³-hybridized carbons (Fsp3) is 0.650. The first-order chi connectivity index (χ1) is 13.1. The standard InChI is InChI=1S/C20H31N7/c1-26(16-9-7-15(21)8-10-16)20-22-12-11-18(23-20)27(2)19-13-17(24-25-19)14-5-3-4-6-14/h11-16H,3-10,21H2,1-2H3,(H,24,25). The fourth-order valence-corrected chi connectivity index (χ4v) is 4.41. The van der Waals surface area contributed by atoms with Crippen molar-refractivity contribution in [2.24, 2.45) is 5.73 Å². The van der Waals surface area contributed by atoms with Crippen molar-refractivity contribution in [3.63, 3.8) is 0 Å². The molecular formula is C20H31N7. The highest BCUT2D eigenvalue weighted by Gasteiger charge is 2.24. The molecule has 2 aromatic rings. The van der Waals surface area contributed by atoms with Crippen molar-refractivity contribution in [3.8, 4) is 0 Å². The number of aromatic nitrogens is 4. The van der Waals surface area contributed by atoms with Crippen LogP contribution in [-0.4, -0.2) is 46.3 Å². The second-order valence-corrected chi connectivity index (χ2v) is 8.12. The van der Waals surface area contributed by atoms with Gasteiger partial charge in [-0.05, 0) is 44.6 Å². The first-order valence-electron chi connectivity index (χ1n) is 10.2. The number of hydrogen-bond acceptors (Lipinski definition) is 6. The smallest absolute Gasteiger partial charge is 0.227 e. The highest BCUT2D eigenvalue weighted by atomic mass is 15.3. The van der Waals surface area contributed by atoms with Crippen LogP contribution in [0.3, 0.4) is 0 Å². The van der Waals surface area contributed by atoms with Gasteiger partial charge in [0.05, 0.1) is 0 Å². The van der Waals surface area contributed by atoms with E-state index in [9.17, 15) is 0 Å². The van der Waals surface area contributed by atoms with Crippen molar-refractivity contribution in [1.29, 1.82) is 0 Å². The monoisotopic (exact) mass is 369 g/mol. The van der Waals surface area contributed by atoms with E-state index in [0.717, 1.165) is 43.3 Å². The quantitative estimate of drug-likeness (QED) is 0.841. The van der Waals surface area contributed by atoms with E-state index in [1.807, 2.05) is 24.2 Å². The SMILES string of the molecule is CN(c1cc(C2CCCC2)[nH]n1)c1ccnc(N(C)C2CCC(N)CC2)n1. The normalized spacial score (nSPS) is 23.5. The molecule has 2 fully saturated rings. The van der Waals surface area contributed by atoms with Gasteiger partial charge in [-0.1, -0.05) is 12.8 Å². The zero-order valence-corrected chi connectivity index (χ0v) is 16.4. The Kier molecular flexibility index (Phi) is 5.29. The van der Waals surface area contributed by atoms with Crippen LogP contribution in [0.15, 0.2) is 18.3 Å². The van der Waals surface area contributed by atoms with Crippen molar-refractivity contribution < 1.29 is 0 Å². The van der Waals surface area contributed by atoms with Gasteiger partial charge in [-0.3, -0.25) is 5.10 Å². The molecule has 0 aliphatic heterocycles. The molecule has 2 saturated carbocycles. The lowest BCUT2D eigenvalue weighted by molar-refractivity contribution is 0.382. The van der Waals surface area contributed by atoms with E-state index >= 15 is 0 Å². The molecule has 0 amide bonds. The summed E-state index contributed by atoms with van der Waals surface area (Å²) < 4.78 is 0. The average Bonchev–Trinajstić information content (AvgIpc) is 3.39. The highest BCUT2D eigenvalue weighted by molar-refractivity contribution is 5.56. The molecule has 27 heavy (non-hydrogen) atoms. The molecule has 0 spiro atoms. The molecule has 146 valence electrons. The Hall–Kier alpha value is -2.15. The highest BCUT2D eigenvalue weighted by Crippen LogP contribution is 2.35. The summed E-state index contributed by atoms with van der Waals surface area (Å²) in [6.07, 6.45) is 11.4. The number of anilines is 3. The first kappa shape index (κ1) is 18.2. The first-order valence-corrected chi connectivity index (χ1v) is 10.2. The van der Waals surface area contributed by atoms with Gasteiger partial charge in [0.2, 0.25) is 5.95 Å². The van der Waals surface area contributed by atoms with Crippen LogP contribution in [0.4, 0.5) is 17.6 Å². The molecular weight excluding hydrogens is 338 g/mol. The number of nitrogens with zero attached hydrogens (tertiary/aromatic N) is 5. The van der Waals surface area contributed by atoms with Crippen LogP contribution >= 0.6 is 0 Å². The number of hydrogen-bond donors (Lipinski definition) is 2. The van der Waals surface area contributed by atoms with Crippen molar-refractivity contribution in [2.75, 3.05) is 23.9 Å². The molecule has 2 aliphatic carbocycles. The minimum atomic E-state index is 0.349. The van der Waals surface area contributed by atoms with Crippen molar-refractivity contribution in [2.45, 2.75) is 69.4 Å². The zero-order chi connectivity index (χ0) is 18.8. The van der Waals surface area contributed by atoms with Gasteiger partial charge >= 0.3 is 0 Å². The van der Waals surface area contributed by atoms with E-state index in [1.54, 1.807) is 0 Å². The Morgan fingerprint density at radius 2 is 1.78 bits per heavy atom. The third-order valence-electron chi connectivity index (χ3n) is 6.30. The lowest BCUT2D eigenvalue weighted by Crippen LogP contribution is -2.39. The molecule has 4 rings (SSSR count). The van der Waals surface area contributed by atoms with Gasteiger partial charge in [0.1, 0.15) is 5.82 Å². The van der Waals surface area contributed by atoms with E-state index in [0.29, 0.717) is 18.0 Å². The molecule has 0 unspecified atom stereocenters. The van der Waals surface area contributed by atoms with E-state index in [-0.39, 0.29) is 0 Å². The van der Waals surface area contributed by atoms with Crippen LogP contribution in [-0.2, 0) is 0 Å². The van der Waals surface area contributed by atoms with E-state index in [4.69, 9.17) is 10.7 Å². The third-order valence-corrected chi connectivity index (χ3v) is 6.30. The average molecular weight is 370 g/mol. The minimum Gasteiger partial charge on any atom is -0.341 e. The van der Waals surface area contributed by atoms with Crippen LogP contribution < -0.4 is 15.5 Å². The summed E-state index contributed by atoms with van der Waals surface area (Å²) >= 11 is 0. The largest absolute Gasteiger partial charge is 0.341 e. The zero-order valence-electron chi connectivity index (χ0n) is 16.4. The van der Waals surface area contributed by atoms with Gasteiger partial charge in [0.25, 0.3) is 0 Å². The summed E-state index contributed by atoms with van der Waals surface area (Å²) in [7, 11) is 4.10. The predicted molar refractivity (Wildman–Crippen MR) is 109 cm³/mol. The van der Waals surface area contributed by atoms with Crippen molar-refractivity contribution in [3.05, 3.63) is 24.0 Å². The fourth-order valence-electron chi connectivity index (χ4n) is 4.41. The molecule has 0 saturated heterocycles. The number of aromatic amines is 1. The number of rotatable bonds is 5. The van der Waals surface area contributed by atoms with E-state index in [1.165, 1.54) is 31.4 Å². The van der Waals surface area contributed by atoms with E-state index < -0.39 is 0 Å². The Bertz CT molecular complexity index is 744. The molecule has 7 nitrogen and oxygen atoms in total. The van der Waals surface area contributed by atoms with Gasteiger partial charge in [-0.25, -0.2) is 4.98 Å². The Balaban J connectivity index is 1.48. The summed E-state index contributed by atoms with van der Waals surface area (Å²) in [6.45, 7) is 0. The van der Waals surface area contributed by atoms with Crippen LogP contribution in [0.25, 0.3) is 0 Å². The molecule has 0 aromatic carbocycles. The van der Waals surface area contributed by atoms with Crippen molar-refractivity contribution in [1.82, 2.24) is 20.2 Å². The second kappa shape index (κ2) is 7.84. The molecule has 2 heterocycles. The maximum atomic E-state index is 6.04. The summed E-state index contributed by atoms with van der Waals surface area (Å²) in [4.78, 5) is 13.6. The van der Waals surface area contributed by atoms with Crippen LogP contribution in [0, 0.1) is 0 Å². The Morgan fingerprint density at radius 3 is 2.52 bits per heavy atom. The number of nitrogens with two attached hydrogens (primary N) is 1. The molecule has 2 aliphatic rings. The van der Waals surface area contributed by atoms with Gasteiger partial charge in [-0.15, -0.1) is 0 Å². The summed E-state index contributed by atoms with van der Waals surface area (Å²) in [5.41, 5.74) is 7.29. The molecule has 0 atom stereocenters. The third kappa shape index (κ3) is 3.93. The summed E-state index contributed by atoms with van der Waals surface area (Å²) in [6, 6.07) is 4.92. The lowest BCUT2D eigenvalue weighted by Gasteiger charge is -2.33. The molecule has 2 aromatic heterocycles. The topological polar surface area (TPSA) is 87.0 Å². The van der Waals surface area contributed by atoms with Crippen LogP contribution in [0.5, 0.6) is 0 Å². The van der Waals surface area contributed by atoms with Gasteiger partial charge < -0.3 is 15.5 Å².